The van der Waals surface area contributed by atoms with Gasteiger partial charge in [-0.05, 0) is 29.3 Å². The van der Waals surface area contributed by atoms with Crippen molar-refractivity contribution in [3.8, 4) is 0 Å². The Morgan fingerprint density at radius 1 is 0.880 bits per heavy atom. The molecule has 25 heavy (non-hydrogen) atoms. The van der Waals surface area contributed by atoms with Crippen LogP contribution in [0.2, 0.25) is 5.02 Å². The average molecular weight is 350 g/mol. The van der Waals surface area contributed by atoms with Gasteiger partial charge in [0.25, 0.3) is 0 Å². The predicted molar refractivity (Wildman–Crippen MR) is 98.8 cm³/mol. The lowest BCUT2D eigenvalue weighted by Crippen LogP contribution is -2.33. The Morgan fingerprint density at radius 2 is 1.48 bits per heavy atom. The molecule has 1 amide bonds. The van der Waals surface area contributed by atoms with E-state index < -0.39 is 5.60 Å². The lowest BCUT2D eigenvalue weighted by molar-refractivity contribution is -0.123. The molecule has 0 saturated carbocycles. The summed E-state index contributed by atoms with van der Waals surface area (Å²) in [5, 5.41) is 3.51. The maximum absolute atomic E-state index is 12.2. The Bertz CT molecular complexity index is 870. The van der Waals surface area contributed by atoms with E-state index in [9.17, 15) is 4.79 Å². The summed E-state index contributed by atoms with van der Waals surface area (Å²) in [5.74, 6) is -0.183. The number of benzene rings is 3. The molecule has 0 unspecified atom stereocenters. The van der Waals surface area contributed by atoms with Crippen molar-refractivity contribution in [2.75, 3.05) is 11.9 Å². The Balaban J connectivity index is 2.08. The molecule has 4 rings (SSSR count). The second-order valence-electron chi connectivity index (χ2n) is 5.94. The topological polar surface area (TPSA) is 38.3 Å². The van der Waals surface area contributed by atoms with E-state index in [1.807, 2.05) is 72.8 Å². The minimum absolute atomic E-state index is 0.0455. The number of hydrogen-bond acceptors (Lipinski definition) is 2. The maximum atomic E-state index is 12.2. The molecule has 0 saturated heterocycles. The molecule has 1 N–H and O–H groups in total. The van der Waals surface area contributed by atoms with Crippen molar-refractivity contribution in [2.45, 2.75) is 5.60 Å². The zero-order valence-corrected chi connectivity index (χ0v) is 14.2. The number of amides is 1. The van der Waals surface area contributed by atoms with Gasteiger partial charge in [0.2, 0.25) is 5.91 Å². The van der Waals surface area contributed by atoms with E-state index in [-0.39, 0.29) is 12.5 Å². The first-order chi connectivity index (χ1) is 12.2. The number of fused-ring (bicyclic) bond motifs is 1. The van der Waals surface area contributed by atoms with Crippen LogP contribution in [-0.2, 0) is 15.1 Å². The largest absolute Gasteiger partial charge is 0.351 e. The number of hydrogen-bond donors (Lipinski definition) is 1. The van der Waals surface area contributed by atoms with Crippen LogP contribution < -0.4 is 5.32 Å². The first-order valence-corrected chi connectivity index (χ1v) is 8.43. The summed E-state index contributed by atoms with van der Waals surface area (Å²) in [6.07, 6.45) is 0. The van der Waals surface area contributed by atoms with Crippen LogP contribution >= 0.6 is 11.6 Å². The van der Waals surface area contributed by atoms with Gasteiger partial charge in [-0.25, -0.2) is 0 Å². The van der Waals surface area contributed by atoms with Crippen molar-refractivity contribution in [2.24, 2.45) is 0 Å². The van der Waals surface area contributed by atoms with E-state index >= 15 is 0 Å². The highest BCUT2D eigenvalue weighted by molar-refractivity contribution is 6.30. The third-order valence-electron chi connectivity index (χ3n) is 4.42. The van der Waals surface area contributed by atoms with Crippen LogP contribution in [0.15, 0.2) is 78.9 Å². The minimum atomic E-state index is -0.915. The monoisotopic (exact) mass is 349 g/mol. The van der Waals surface area contributed by atoms with Crippen LogP contribution in [0.25, 0.3) is 0 Å². The van der Waals surface area contributed by atoms with E-state index in [4.69, 9.17) is 16.3 Å². The predicted octanol–water partition coefficient (Wildman–Crippen LogP) is 4.60. The SMILES string of the molecule is O=C1COC(c2ccccc2)(c2ccccc2)c2cc(Cl)ccc2N1. The number of nitrogens with one attached hydrogen (secondary N) is 1. The van der Waals surface area contributed by atoms with Crippen molar-refractivity contribution in [1.29, 1.82) is 0 Å². The van der Waals surface area contributed by atoms with Gasteiger partial charge in [-0.15, -0.1) is 0 Å². The summed E-state index contributed by atoms with van der Waals surface area (Å²) in [6, 6.07) is 25.3. The van der Waals surface area contributed by atoms with Gasteiger partial charge >= 0.3 is 0 Å². The fraction of sp³-hybridized carbons (Fsp3) is 0.0952. The van der Waals surface area contributed by atoms with Gasteiger partial charge in [0, 0.05) is 16.3 Å². The highest BCUT2D eigenvalue weighted by Crippen LogP contribution is 2.45. The molecule has 0 atom stereocenters. The van der Waals surface area contributed by atoms with Gasteiger partial charge in [-0.3, -0.25) is 4.79 Å². The van der Waals surface area contributed by atoms with E-state index in [2.05, 4.69) is 5.32 Å². The summed E-state index contributed by atoms with van der Waals surface area (Å²) >= 11 is 6.30. The van der Waals surface area contributed by atoms with Gasteiger partial charge < -0.3 is 10.1 Å². The molecule has 1 aliphatic rings. The van der Waals surface area contributed by atoms with E-state index in [0.717, 1.165) is 16.7 Å². The molecular weight excluding hydrogens is 334 g/mol. The van der Waals surface area contributed by atoms with Gasteiger partial charge in [0.15, 0.2) is 0 Å². The average Bonchev–Trinajstić information content (AvgIpc) is 2.80. The molecule has 0 aromatic heterocycles. The highest BCUT2D eigenvalue weighted by atomic mass is 35.5. The van der Waals surface area contributed by atoms with Crippen molar-refractivity contribution in [3.05, 3.63) is 101 Å². The molecule has 1 heterocycles. The number of carbonyl (C=O) groups excluding carboxylic acids is 1. The molecule has 3 aromatic carbocycles. The van der Waals surface area contributed by atoms with Crippen molar-refractivity contribution in [1.82, 2.24) is 0 Å². The Morgan fingerprint density at radius 3 is 2.08 bits per heavy atom. The van der Waals surface area contributed by atoms with Crippen LogP contribution in [-0.4, -0.2) is 12.5 Å². The smallest absolute Gasteiger partial charge is 0.250 e. The van der Waals surface area contributed by atoms with E-state index in [1.165, 1.54) is 0 Å². The molecule has 0 radical (unpaired) electrons. The standard InChI is InChI=1S/C21H16ClNO2/c22-17-11-12-19-18(13-17)21(25-14-20(24)23-19,15-7-3-1-4-8-15)16-9-5-2-6-10-16/h1-13H,14H2,(H,23,24). The minimum Gasteiger partial charge on any atom is -0.351 e. The van der Waals surface area contributed by atoms with Crippen molar-refractivity contribution < 1.29 is 9.53 Å². The zero-order valence-electron chi connectivity index (χ0n) is 13.4. The number of halogens is 1. The number of anilines is 1. The third-order valence-corrected chi connectivity index (χ3v) is 4.65. The van der Waals surface area contributed by atoms with E-state index in [0.29, 0.717) is 10.7 Å². The van der Waals surface area contributed by atoms with Gasteiger partial charge in [0.1, 0.15) is 12.2 Å². The second-order valence-corrected chi connectivity index (χ2v) is 6.38. The molecule has 1 aliphatic heterocycles. The first kappa shape index (κ1) is 15.9. The summed E-state index contributed by atoms with van der Waals surface area (Å²) in [5.41, 5.74) is 2.51. The molecule has 0 bridgehead atoms. The summed E-state index contributed by atoms with van der Waals surface area (Å²) in [4.78, 5) is 12.2. The Labute approximate surface area is 151 Å². The number of carbonyl (C=O) groups is 1. The zero-order chi connectivity index (χ0) is 17.3. The molecule has 0 fully saturated rings. The maximum Gasteiger partial charge on any atom is 0.250 e. The van der Waals surface area contributed by atoms with Crippen molar-refractivity contribution in [3.63, 3.8) is 0 Å². The Kier molecular flexibility index (Phi) is 4.04. The third kappa shape index (κ3) is 2.72. The van der Waals surface area contributed by atoms with E-state index in [1.54, 1.807) is 6.07 Å². The number of rotatable bonds is 2. The van der Waals surface area contributed by atoms with Crippen LogP contribution in [0.5, 0.6) is 0 Å². The van der Waals surface area contributed by atoms with Crippen LogP contribution in [0.4, 0.5) is 5.69 Å². The fourth-order valence-corrected chi connectivity index (χ4v) is 3.52. The lowest BCUT2D eigenvalue weighted by Gasteiger charge is -2.35. The highest BCUT2D eigenvalue weighted by Gasteiger charge is 2.42. The molecule has 3 nitrogen and oxygen atoms in total. The summed E-state index contributed by atoms with van der Waals surface area (Å²) in [7, 11) is 0. The Hall–Kier alpha value is -2.62. The quantitative estimate of drug-likeness (QED) is 0.734. The lowest BCUT2D eigenvalue weighted by atomic mass is 9.79. The van der Waals surface area contributed by atoms with Crippen LogP contribution in [0, 0.1) is 0 Å². The molecule has 124 valence electrons. The number of ether oxygens (including phenoxy) is 1. The summed E-state index contributed by atoms with van der Waals surface area (Å²) < 4.78 is 6.29. The van der Waals surface area contributed by atoms with Gasteiger partial charge in [-0.2, -0.15) is 0 Å². The van der Waals surface area contributed by atoms with Gasteiger partial charge in [-0.1, -0.05) is 72.3 Å². The second kappa shape index (κ2) is 6.36. The summed E-state index contributed by atoms with van der Waals surface area (Å²) in [6.45, 7) is -0.0455. The van der Waals surface area contributed by atoms with Crippen molar-refractivity contribution >= 4 is 23.2 Å². The molecule has 3 aromatic rings. The van der Waals surface area contributed by atoms with Gasteiger partial charge in [0.05, 0.1) is 0 Å². The molecule has 4 heteroatoms. The molecular formula is C21H16ClNO2. The van der Waals surface area contributed by atoms with Crippen LogP contribution in [0.3, 0.4) is 0 Å². The molecule has 0 aliphatic carbocycles. The molecule has 0 spiro atoms. The normalized spacial score (nSPS) is 15.8. The fourth-order valence-electron chi connectivity index (χ4n) is 3.34. The van der Waals surface area contributed by atoms with Crippen LogP contribution in [0.1, 0.15) is 16.7 Å². The first-order valence-electron chi connectivity index (χ1n) is 8.05.